The van der Waals surface area contributed by atoms with Crippen molar-refractivity contribution in [3.8, 4) is 5.75 Å². The van der Waals surface area contributed by atoms with Gasteiger partial charge in [-0.1, -0.05) is 20.4 Å². The van der Waals surface area contributed by atoms with Gasteiger partial charge in [0.15, 0.2) is 11.4 Å². The van der Waals surface area contributed by atoms with Crippen LogP contribution in [0.25, 0.3) is 0 Å². The van der Waals surface area contributed by atoms with Gasteiger partial charge >= 0.3 is 5.97 Å². The lowest BCUT2D eigenvalue weighted by Gasteiger charge is -2.84. The van der Waals surface area contributed by atoms with Gasteiger partial charge in [0, 0.05) is 36.9 Å². The molecule has 2 N–H and O–H groups in total. The molecule has 3 aliphatic heterocycles. The Bertz CT molecular complexity index is 1540. The molecule has 3 heterocycles. The van der Waals surface area contributed by atoms with Gasteiger partial charge in [-0.3, -0.25) is 19.2 Å². The SMILES string of the molecule is C=C1C2CCC3C45COC(O)(C(O)C4C(C)(C)CCC5=O)C34C(=O)C1(OC(=O)C1CCN(C(=O)c3ccc(OC)cc3)CC1)C24. The summed E-state index contributed by atoms with van der Waals surface area (Å²) in [6.45, 7) is 8.96. The maximum absolute atomic E-state index is 14.7. The number of aliphatic hydroxyl groups excluding tert-OH is 1. The standard InChI is InChI=1S/C35H41NO9/c1-18-22-9-10-23-32-17-44-35(42,27(38)26(32)31(2,3)14-11-24(32)37)33(23)25(22)34(18,30(33)41)45-29(40)20-12-15-36(16-13-20)28(39)19-5-7-21(43-4)8-6-19/h5-8,20,22-23,25-27,38,42H,1,9-17H2,2-4H3. The van der Waals surface area contributed by atoms with E-state index in [2.05, 4.69) is 6.58 Å². The lowest BCUT2D eigenvalue weighted by atomic mass is 9.21. The van der Waals surface area contributed by atoms with Crippen molar-refractivity contribution in [2.45, 2.75) is 69.9 Å². The van der Waals surface area contributed by atoms with Crippen molar-refractivity contribution in [2.24, 2.45) is 45.8 Å². The highest BCUT2D eigenvalue weighted by molar-refractivity contribution is 6.10. The van der Waals surface area contributed by atoms with Crippen LogP contribution in [0.15, 0.2) is 36.4 Å². The summed E-state index contributed by atoms with van der Waals surface area (Å²) in [4.78, 5) is 57.1. The fourth-order valence-corrected chi connectivity index (χ4v) is 11.4. The molecule has 3 saturated heterocycles. The molecule has 240 valence electrons. The van der Waals surface area contributed by atoms with Gasteiger partial charge < -0.3 is 29.3 Å². The number of aliphatic hydroxyl groups is 2. The van der Waals surface area contributed by atoms with E-state index in [1.807, 2.05) is 13.8 Å². The monoisotopic (exact) mass is 619 g/mol. The van der Waals surface area contributed by atoms with E-state index in [1.54, 1.807) is 36.3 Å². The zero-order valence-corrected chi connectivity index (χ0v) is 26.0. The molecule has 1 amide bonds. The van der Waals surface area contributed by atoms with Crippen LogP contribution in [0.1, 0.15) is 62.7 Å². The van der Waals surface area contributed by atoms with Crippen LogP contribution < -0.4 is 4.74 Å². The van der Waals surface area contributed by atoms with Crippen LogP contribution in [0.5, 0.6) is 5.75 Å². The second-order valence-electron chi connectivity index (χ2n) is 15.2. The molecule has 9 unspecified atom stereocenters. The molecule has 8 fully saturated rings. The highest BCUT2D eigenvalue weighted by atomic mass is 16.6. The minimum atomic E-state index is -2.18. The summed E-state index contributed by atoms with van der Waals surface area (Å²) in [5.41, 5.74) is -3.58. The summed E-state index contributed by atoms with van der Waals surface area (Å²) in [7, 11) is 1.56. The molecular weight excluding hydrogens is 578 g/mol. The van der Waals surface area contributed by atoms with Crippen LogP contribution in [-0.4, -0.2) is 82.9 Å². The zero-order valence-electron chi connectivity index (χ0n) is 26.0. The molecule has 0 aromatic heterocycles. The maximum atomic E-state index is 14.7. The number of fused-ring (bicyclic) bond motifs is 1. The van der Waals surface area contributed by atoms with Crippen molar-refractivity contribution < 1.29 is 43.6 Å². The van der Waals surface area contributed by atoms with Gasteiger partial charge in [0.1, 0.15) is 23.1 Å². The second-order valence-corrected chi connectivity index (χ2v) is 15.2. The Labute approximate surface area is 262 Å². The number of hydrogen-bond donors (Lipinski definition) is 2. The molecule has 9 rings (SSSR count). The average molecular weight is 620 g/mol. The number of rotatable bonds is 4. The van der Waals surface area contributed by atoms with Gasteiger partial charge in [-0.25, -0.2) is 0 Å². The zero-order chi connectivity index (χ0) is 31.9. The number of benzene rings is 1. The number of esters is 1. The number of likely N-dealkylation sites (tertiary alicyclic amines) is 1. The third kappa shape index (κ3) is 3.12. The normalized spacial score (nSPS) is 44.2. The third-order valence-corrected chi connectivity index (χ3v) is 13.4. The van der Waals surface area contributed by atoms with E-state index < -0.39 is 69.2 Å². The highest BCUT2D eigenvalue weighted by Gasteiger charge is 2.97. The quantitative estimate of drug-likeness (QED) is 0.385. The van der Waals surface area contributed by atoms with E-state index in [4.69, 9.17) is 14.2 Å². The summed E-state index contributed by atoms with van der Waals surface area (Å²) in [5, 5.41) is 24.1. The van der Waals surface area contributed by atoms with Gasteiger partial charge in [-0.15, -0.1) is 0 Å². The highest BCUT2D eigenvalue weighted by Crippen LogP contribution is 2.85. The first kappa shape index (κ1) is 29.3. The van der Waals surface area contributed by atoms with Crippen LogP contribution in [0.3, 0.4) is 0 Å². The molecular formula is C35H41NO9. The van der Waals surface area contributed by atoms with E-state index in [0.29, 0.717) is 68.5 Å². The predicted molar refractivity (Wildman–Crippen MR) is 158 cm³/mol. The van der Waals surface area contributed by atoms with Crippen molar-refractivity contribution in [3.05, 3.63) is 42.0 Å². The van der Waals surface area contributed by atoms with Gasteiger partial charge in [0.2, 0.25) is 5.79 Å². The van der Waals surface area contributed by atoms with Crippen LogP contribution >= 0.6 is 0 Å². The number of nitrogens with zero attached hydrogens (tertiary/aromatic N) is 1. The molecule has 10 heteroatoms. The Hall–Kier alpha value is -3.08. The summed E-state index contributed by atoms with van der Waals surface area (Å²) < 4.78 is 17.4. The van der Waals surface area contributed by atoms with Crippen LogP contribution in [0.4, 0.5) is 0 Å². The largest absolute Gasteiger partial charge is 0.497 e. The summed E-state index contributed by atoms with van der Waals surface area (Å²) >= 11 is 0. The minimum absolute atomic E-state index is 0.00755. The van der Waals surface area contributed by atoms with Crippen molar-refractivity contribution in [2.75, 3.05) is 26.8 Å². The minimum Gasteiger partial charge on any atom is -0.497 e. The number of piperidine rings is 1. The number of amides is 1. The molecule has 10 nitrogen and oxygen atoms in total. The number of ketones is 2. The van der Waals surface area contributed by atoms with Crippen LogP contribution in [0, 0.1) is 45.8 Å². The molecule has 1 aromatic rings. The Morgan fingerprint density at radius 1 is 1.04 bits per heavy atom. The first-order valence-electron chi connectivity index (χ1n) is 16.3. The Kier molecular flexibility index (Phi) is 5.89. The van der Waals surface area contributed by atoms with Crippen LogP contribution in [-0.2, 0) is 23.9 Å². The Morgan fingerprint density at radius 3 is 2.40 bits per heavy atom. The number of carbonyl (C=O) groups excluding carboxylic acids is 4. The van der Waals surface area contributed by atoms with E-state index in [9.17, 15) is 29.4 Å². The van der Waals surface area contributed by atoms with Crippen molar-refractivity contribution >= 4 is 23.4 Å². The number of hydrogen-bond acceptors (Lipinski definition) is 9. The number of ether oxygens (including phenoxy) is 3. The predicted octanol–water partition coefficient (Wildman–Crippen LogP) is 2.70. The molecule has 2 spiro atoms. The van der Waals surface area contributed by atoms with Crippen molar-refractivity contribution in [1.29, 1.82) is 0 Å². The maximum Gasteiger partial charge on any atom is 0.310 e. The van der Waals surface area contributed by atoms with E-state index in [0.717, 1.165) is 0 Å². The molecule has 45 heavy (non-hydrogen) atoms. The number of methoxy groups -OCH3 is 1. The van der Waals surface area contributed by atoms with E-state index in [1.165, 1.54) is 0 Å². The van der Waals surface area contributed by atoms with Crippen LogP contribution in [0.2, 0.25) is 0 Å². The lowest BCUT2D eigenvalue weighted by Crippen LogP contribution is -2.97. The van der Waals surface area contributed by atoms with Crippen molar-refractivity contribution in [3.63, 3.8) is 0 Å². The lowest BCUT2D eigenvalue weighted by molar-refractivity contribution is -0.465. The fraction of sp³-hybridized carbons (Fsp3) is 0.657. The molecule has 5 aliphatic carbocycles. The van der Waals surface area contributed by atoms with E-state index >= 15 is 0 Å². The number of Topliss-reactive ketones (excluding diaryl/α,β-unsaturated/α-hetero) is 2. The first-order valence-corrected chi connectivity index (χ1v) is 16.3. The smallest absolute Gasteiger partial charge is 0.310 e. The second kappa shape index (κ2) is 9.04. The molecule has 0 radical (unpaired) electrons. The molecule has 5 saturated carbocycles. The molecule has 9 atom stereocenters. The first-order chi connectivity index (χ1) is 21.3. The van der Waals surface area contributed by atoms with Gasteiger partial charge in [0.25, 0.3) is 5.91 Å². The summed E-state index contributed by atoms with van der Waals surface area (Å²) in [6.07, 6.45) is 1.47. The Morgan fingerprint density at radius 2 is 1.73 bits per heavy atom. The molecule has 2 bridgehead atoms. The third-order valence-electron chi connectivity index (χ3n) is 13.4. The summed E-state index contributed by atoms with van der Waals surface area (Å²) in [5.74, 6) is -5.01. The topological polar surface area (TPSA) is 140 Å². The summed E-state index contributed by atoms with van der Waals surface area (Å²) in [6, 6.07) is 6.89. The van der Waals surface area contributed by atoms with E-state index in [-0.39, 0.29) is 24.2 Å². The molecule has 8 aliphatic rings. The Balaban J connectivity index is 1.05. The average Bonchev–Trinajstić information content (AvgIpc) is 3.04. The van der Waals surface area contributed by atoms with Gasteiger partial charge in [-0.2, -0.15) is 0 Å². The van der Waals surface area contributed by atoms with Gasteiger partial charge in [0.05, 0.1) is 25.0 Å². The van der Waals surface area contributed by atoms with Gasteiger partial charge in [-0.05, 0) is 79.2 Å². The molecule has 1 aromatic carbocycles. The fourth-order valence-electron chi connectivity index (χ4n) is 11.4. The number of carbonyl (C=O) groups is 4. The van der Waals surface area contributed by atoms with Crippen molar-refractivity contribution in [1.82, 2.24) is 4.90 Å².